The highest BCUT2D eigenvalue weighted by molar-refractivity contribution is 5.83. The fourth-order valence-electron chi connectivity index (χ4n) is 1.32. The van der Waals surface area contributed by atoms with Crippen molar-refractivity contribution >= 4 is 22.8 Å². The Morgan fingerprint density at radius 1 is 1.56 bits per heavy atom. The Balaban J connectivity index is 2.44. The summed E-state index contributed by atoms with van der Waals surface area (Å²) < 4.78 is 5.22. The molecule has 0 saturated carbocycles. The van der Waals surface area contributed by atoms with Crippen molar-refractivity contribution in [3.8, 4) is 0 Å². The molecule has 0 aliphatic heterocycles. The molecular formula is C9H9N3O4. The van der Waals surface area contributed by atoms with Crippen LogP contribution >= 0.6 is 0 Å². The van der Waals surface area contributed by atoms with Crippen LogP contribution in [0.2, 0.25) is 0 Å². The number of nitro benzene ring substituents is 1. The summed E-state index contributed by atoms with van der Waals surface area (Å²) in [5.74, 6) is 0. The second-order valence-electron chi connectivity index (χ2n) is 3.05. The number of aliphatic hydroxyl groups excluding tert-OH is 1. The lowest BCUT2D eigenvalue weighted by atomic mass is 10.3. The van der Waals surface area contributed by atoms with Crippen molar-refractivity contribution in [1.29, 1.82) is 0 Å². The van der Waals surface area contributed by atoms with Crippen LogP contribution in [0.4, 0.5) is 11.7 Å². The van der Waals surface area contributed by atoms with Crippen molar-refractivity contribution in [1.82, 2.24) is 4.98 Å². The monoisotopic (exact) mass is 223 g/mol. The zero-order valence-corrected chi connectivity index (χ0v) is 8.21. The summed E-state index contributed by atoms with van der Waals surface area (Å²) in [6.45, 7) is 0.210. The van der Waals surface area contributed by atoms with E-state index in [0.29, 0.717) is 5.58 Å². The minimum Gasteiger partial charge on any atom is -0.423 e. The van der Waals surface area contributed by atoms with Crippen LogP contribution in [0.1, 0.15) is 0 Å². The van der Waals surface area contributed by atoms with Crippen LogP contribution in [0.25, 0.3) is 11.1 Å². The van der Waals surface area contributed by atoms with Crippen molar-refractivity contribution in [2.75, 3.05) is 18.5 Å². The summed E-state index contributed by atoms with van der Waals surface area (Å²) in [5, 5.41) is 22.0. The maximum atomic E-state index is 10.7. The van der Waals surface area contributed by atoms with Crippen LogP contribution in [0.3, 0.4) is 0 Å². The van der Waals surface area contributed by atoms with Gasteiger partial charge in [-0.2, -0.15) is 4.98 Å². The normalized spacial score (nSPS) is 10.6. The third-order valence-corrected chi connectivity index (χ3v) is 1.98. The zero-order valence-electron chi connectivity index (χ0n) is 8.21. The lowest BCUT2D eigenvalue weighted by Gasteiger charge is -1.94. The van der Waals surface area contributed by atoms with Gasteiger partial charge in [0.2, 0.25) is 0 Å². The molecular weight excluding hydrogens is 214 g/mol. The van der Waals surface area contributed by atoms with E-state index in [0.717, 1.165) is 0 Å². The predicted molar refractivity (Wildman–Crippen MR) is 56.2 cm³/mol. The van der Waals surface area contributed by atoms with Gasteiger partial charge in [-0.15, -0.1) is 0 Å². The number of hydrogen-bond acceptors (Lipinski definition) is 6. The van der Waals surface area contributed by atoms with Gasteiger partial charge in [0, 0.05) is 12.6 Å². The first-order chi connectivity index (χ1) is 7.72. The molecule has 0 saturated heterocycles. The molecule has 1 aromatic carbocycles. The molecule has 1 heterocycles. The molecule has 16 heavy (non-hydrogen) atoms. The van der Waals surface area contributed by atoms with Crippen molar-refractivity contribution in [3.05, 3.63) is 28.3 Å². The van der Waals surface area contributed by atoms with Gasteiger partial charge in [-0.05, 0) is 6.07 Å². The maximum absolute atomic E-state index is 10.7. The van der Waals surface area contributed by atoms with E-state index in [-0.39, 0.29) is 30.4 Å². The molecule has 0 fully saturated rings. The van der Waals surface area contributed by atoms with Gasteiger partial charge < -0.3 is 14.8 Å². The number of aromatic nitrogens is 1. The van der Waals surface area contributed by atoms with E-state index < -0.39 is 4.92 Å². The summed E-state index contributed by atoms with van der Waals surface area (Å²) in [5.41, 5.74) is 0.445. The number of non-ortho nitro benzene ring substituents is 1. The number of nitro groups is 1. The largest absolute Gasteiger partial charge is 0.423 e. The molecule has 1 aromatic heterocycles. The van der Waals surface area contributed by atoms with E-state index >= 15 is 0 Å². The van der Waals surface area contributed by atoms with Crippen LogP contribution in [-0.2, 0) is 0 Å². The number of benzene rings is 1. The van der Waals surface area contributed by atoms with Crippen LogP contribution in [0, 0.1) is 10.1 Å². The molecule has 0 spiro atoms. The third-order valence-electron chi connectivity index (χ3n) is 1.98. The SMILES string of the molecule is O=[N+]([O-])c1cccc2oc(NCCO)nc12. The molecule has 0 bridgehead atoms. The summed E-state index contributed by atoms with van der Waals surface area (Å²) in [6.07, 6.45) is 0. The Kier molecular flexibility index (Phi) is 2.69. The fraction of sp³-hybridized carbons (Fsp3) is 0.222. The van der Waals surface area contributed by atoms with Crippen molar-refractivity contribution in [2.45, 2.75) is 0 Å². The van der Waals surface area contributed by atoms with Crippen molar-refractivity contribution in [3.63, 3.8) is 0 Å². The lowest BCUT2D eigenvalue weighted by molar-refractivity contribution is -0.383. The Morgan fingerprint density at radius 2 is 2.38 bits per heavy atom. The quantitative estimate of drug-likeness (QED) is 0.595. The smallest absolute Gasteiger partial charge is 0.298 e. The van der Waals surface area contributed by atoms with Gasteiger partial charge in [-0.3, -0.25) is 10.1 Å². The molecule has 0 atom stereocenters. The number of nitrogens with zero attached hydrogens (tertiary/aromatic N) is 2. The second-order valence-corrected chi connectivity index (χ2v) is 3.05. The first-order valence-corrected chi connectivity index (χ1v) is 4.61. The van der Waals surface area contributed by atoms with Gasteiger partial charge >= 0.3 is 0 Å². The number of nitrogens with one attached hydrogen (secondary N) is 1. The highest BCUT2D eigenvalue weighted by Crippen LogP contribution is 2.26. The Morgan fingerprint density at radius 3 is 3.06 bits per heavy atom. The molecule has 0 amide bonds. The molecule has 0 radical (unpaired) electrons. The number of hydrogen-bond donors (Lipinski definition) is 2. The first kappa shape index (κ1) is 10.4. The molecule has 0 aliphatic carbocycles. The summed E-state index contributed by atoms with van der Waals surface area (Å²) in [4.78, 5) is 14.1. The number of anilines is 1. The summed E-state index contributed by atoms with van der Waals surface area (Å²) >= 11 is 0. The maximum Gasteiger partial charge on any atom is 0.298 e. The van der Waals surface area contributed by atoms with Gasteiger partial charge in [0.05, 0.1) is 11.5 Å². The minimum absolute atomic E-state index is 0.0686. The second kappa shape index (κ2) is 4.15. The highest BCUT2D eigenvalue weighted by atomic mass is 16.6. The lowest BCUT2D eigenvalue weighted by Crippen LogP contribution is -2.05. The summed E-state index contributed by atoms with van der Waals surface area (Å²) in [7, 11) is 0. The van der Waals surface area contributed by atoms with Crippen LogP contribution in [0.5, 0.6) is 0 Å². The average Bonchev–Trinajstić information content (AvgIpc) is 2.68. The van der Waals surface area contributed by atoms with Gasteiger partial charge in [0.15, 0.2) is 11.1 Å². The number of aliphatic hydroxyl groups is 1. The fourth-order valence-corrected chi connectivity index (χ4v) is 1.32. The van der Waals surface area contributed by atoms with Crippen molar-refractivity contribution < 1.29 is 14.4 Å². The molecule has 2 rings (SSSR count). The summed E-state index contributed by atoms with van der Waals surface area (Å²) in [6, 6.07) is 4.65. The molecule has 7 nitrogen and oxygen atoms in total. The van der Waals surface area contributed by atoms with E-state index in [1.165, 1.54) is 12.1 Å². The highest BCUT2D eigenvalue weighted by Gasteiger charge is 2.16. The topological polar surface area (TPSA) is 101 Å². The van der Waals surface area contributed by atoms with Crippen LogP contribution in [0.15, 0.2) is 22.6 Å². The van der Waals surface area contributed by atoms with Gasteiger partial charge in [-0.25, -0.2) is 0 Å². The van der Waals surface area contributed by atoms with Gasteiger partial charge in [-0.1, -0.05) is 6.07 Å². The number of rotatable bonds is 4. The van der Waals surface area contributed by atoms with E-state index in [1.54, 1.807) is 6.07 Å². The molecule has 0 unspecified atom stereocenters. The number of oxazole rings is 1. The average molecular weight is 223 g/mol. The number of para-hydroxylation sites is 1. The van der Waals surface area contributed by atoms with Gasteiger partial charge in [0.1, 0.15) is 0 Å². The van der Waals surface area contributed by atoms with E-state index in [9.17, 15) is 10.1 Å². The minimum atomic E-state index is -0.513. The standard InChI is InChI=1S/C9H9N3O4/c13-5-4-10-9-11-8-6(12(14)15)2-1-3-7(8)16-9/h1-3,13H,4-5H2,(H,10,11). The van der Waals surface area contributed by atoms with E-state index in [1.807, 2.05) is 0 Å². The molecule has 2 N–H and O–H groups in total. The van der Waals surface area contributed by atoms with Crippen molar-refractivity contribution in [2.24, 2.45) is 0 Å². The molecule has 84 valence electrons. The Hall–Kier alpha value is -2.15. The Bertz CT molecular complexity index is 522. The van der Waals surface area contributed by atoms with Crippen LogP contribution in [-0.4, -0.2) is 28.2 Å². The van der Waals surface area contributed by atoms with E-state index in [2.05, 4.69) is 10.3 Å². The third kappa shape index (κ3) is 1.80. The van der Waals surface area contributed by atoms with Crippen LogP contribution < -0.4 is 5.32 Å². The molecule has 7 heteroatoms. The number of fused-ring (bicyclic) bond motifs is 1. The first-order valence-electron chi connectivity index (χ1n) is 4.61. The zero-order chi connectivity index (χ0) is 11.5. The molecule has 2 aromatic rings. The molecule has 0 aliphatic rings. The Labute approximate surface area is 89.9 Å². The predicted octanol–water partition coefficient (Wildman–Crippen LogP) is 1.14. The van der Waals surface area contributed by atoms with Gasteiger partial charge in [0.25, 0.3) is 11.7 Å². The van der Waals surface area contributed by atoms with E-state index in [4.69, 9.17) is 9.52 Å².